The monoisotopic (exact) mass is 650 g/mol. The minimum absolute atomic E-state index is 0.0110. The average molecular weight is 651 g/mol. The maximum Gasteiger partial charge on any atom is 0.410 e. The Morgan fingerprint density at radius 3 is 2.17 bits per heavy atom. The molecule has 4 aromatic carbocycles. The standard InChI is InChI=1S/C39H42N2O7/c1-39(2,3)30-13-18-31(19-14-30)47-33-17-12-29-21-23-41(38(44)46-25-24-45-4)36(34(29)26-33)37(43)40-22-20-35(42)48-32-15-10-28(11-16-32)27-8-6-5-7-9-27/h5-19,26,36H,20-25H2,1-4H3,(H,40,43)/t36-/m0/s1. The van der Waals surface area contributed by atoms with Crippen LogP contribution in [0.25, 0.3) is 11.1 Å². The van der Waals surface area contributed by atoms with Gasteiger partial charge in [0.15, 0.2) is 0 Å². The van der Waals surface area contributed by atoms with Gasteiger partial charge in [0, 0.05) is 20.2 Å². The number of methoxy groups -OCH3 is 1. The summed E-state index contributed by atoms with van der Waals surface area (Å²) < 4.78 is 22.1. The molecule has 0 saturated heterocycles. The Balaban J connectivity index is 1.26. The lowest BCUT2D eigenvalue weighted by Crippen LogP contribution is -2.48. The average Bonchev–Trinajstić information content (AvgIpc) is 3.08. The number of esters is 1. The van der Waals surface area contributed by atoms with Gasteiger partial charge < -0.3 is 24.3 Å². The molecule has 1 heterocycles. The number of fused-ring (bicyclic) bond motifs is 1. The number of rotatable bonds is 11. The molecule has 0 saturated carbocycles. The zero-order valence-corrected chi connectivity index (χ0v) is 27.9. The van der Waals surface area contributed by atoms with Crippen LogP contribution in [-0.2, 0) is 30.9 Å². The highest BCUT2D eigenvalue weighted by molar-refractivity contribution is 5.88. The van der Waals surface area contributed by atoms with Crippen LogP contribution in [0.5, 0.6) is 17.2 Å². The Labute approximate surface area is 281 Å². The van der Waals surface area contributed by atoms with Crippen molar-refractivity contribution in [3.05, 3.63) is 114 Å². The second-order valence-electron chi connectivity index (χ2n) is 12.6. The van der Waals surface area contributed by atoms with Gasteiger partial charge in [-0.15, -0.1) is 0 Å². The van der Waals surface area contributed by atoms with Crippen LogP contribution in [0.4, 0.5) is 4.79 Å². The molecule has 0 aliphatic carbocycles. The SMILES string of the molecule is COCCOC(=O)N1CCc2ccc(Oc3ccc(C(C)(C)C)cc3)cc2[C@H]1C(=O)NCCC(=O)Oc1ccc(-c2ccccc2)cc1. The predicted octanol–water partition coefficient (Wildman–Crippen LogP) is 7.24. The van der Waals surface area contributed by atoms with Gasteiger partial charge in [-0.2, -0.15) is 0 Å². The normalized spacial score (nSPS) is 14.1. The van der Waals surface area contributed by atoms with Crippen molar-refractivity contribution in [1.29, 1.82) is 0 Å². The fourth-order valence-corrected chi connectivity index (χ4v) is 5.50. The molecule has 1 atom stereocenters. The van der Waals surface area contributed by atoms with Crippen molar-refractivity contribution in [3.8, 4) is 28.4 Å². The Morgan fingerprint density at radius 2 is 1.48 bits per heavy atom. The van der Waals surface area contributed by atoms with E-state index in [9.17, 15) is 14.4 Å². The molecular formula is C39H42N2O7. The first kappa shape index (κ1) is 34.2. The molecule has 2 amide bonds. The van der Waals surface area contributed by atoms with Gasteiger partial charge in [0.2, 0.25) is 5.91 Å². The van der Waals surface area contributed by atoms with Gasteiger partial charge in [-0.1, -0.05) is 81.4 Å². The minimum Gasteiger partial charge on any atom is -0.457 e. The number of carbonyl (C=O) groups excluding carboxylic acids is 3. The summed E-state index contributed by atoms with van der Waals surface area (Å²) in [4.78, 5) is 40.9. The van der Waals surface area contributed by atoms with Gasteiger partial charge in [0.25, 0.3) is 0 Å². The smallest absolute Gasteiger partial charge is 0.410 e. The van der Waals surface area contributed by atoms with Crippen molar-refractivity contribution < 1.29 is 33.3 Å². The highest BCUT2D eigenvalue weighted by atomic mass is 16.6. The highest BCUT2D eigenvalue weighted by Gasteiger charge is 2.37. The van der Waals surface area contributed by atoms with Crippen molar-refractivity contribution in [3.63, 3.8) is 0 Å². The van der Waals surface area contributed by atoms with Crippen molar-refractivity contribution in [1.82, 2.24) is 10.2 Å². The Hall–Kier alpha value is -5.15. The first-order valence-electron chi connectivity index (χ1n) is 16.1. The summed E-state index contributed by atoms with van der Waals surface area (Å²) in [5.41, 5.74) is 4.82. The van der Waals surface area contributed by atoms with E-state index in [1.165, 1.54) is 17.6 Å². The van der Waals surface area contributed by atoms with Gasteiger partial charge in [-0.05, 0) is 76.1 Å². The molecule has 9 heteroatoms. The quantitative estimate of drug-likeness (QED) is 0.104. The van der Waals surface area contributed by atoms with E-state index in [2.05, 4.69) is 26.1 Å². The summed E-state index contributed by atoms with van der Waals surface area (Å²) in [7, 11) is 1.52. The highest BCUT2D eigenvalue weighted by Crippen LogP contribution is 2.35. The number of hydrogen-bond acceptors (Lipinski definition) is 7. The van der Waals surface area contributed by atoms with Crippen LogP contribution in [0.15, 0.2) is 97.1 Å². The van der Waals surface area contributed by atoms with Crippen molar-refractivity contribution in [2.75, 3.05) is 33.4 Å². The summed E-state index contributed by atoms with van der Waals surface area (Å²) in [6, 6.07) is 29.6. The molecular weight excluding hydrogens is 608 g/mol. The molecule has 5 rings (SSSR count). The maximum atomic E-state index is 13.7. The second-order valence-corrected chi connectivity index (χ2v) is 12.6. The number of nitrogens with zero attached hydrogens (tertiary/aromatic N) is 1. The number of carbonyl (C=O) groups is 3. The van der Waals surface area contributed by atoms with E-state index in [1.807, 2.05) is 78.9 Å². The van der Waals surface area contributed by atoms with Crippen molar-refractivity contribution >= 4 is 18.0 Å². The zero-order chi connectivity index (χ0) is 34.1. The summed E-state index contributed by atoms with van der Waals surface area (Å²) in [6.45, 7) is 7.04. The molecule has 0 radical (unpaired) electrons. The van der Waals surface area contributed by atoms with Gasteiger partial charge in [-0.3, -0.25) is 14.5 Å². The molecule has 0 unspecified atom stereocenters. The number of benzene rings is 4. The summed E-state index contributed by atoms with van der Waals surface area (Å²) in [5.74, 6) is 0.676. The Kier molecular flexibility index (Phi) is 11.1. The van der Waals surface area contributed by atoms with E-state index in [0.29, 0.717) is 29.2 Å². The molecule has 0 bridgehead atoms. The fourth-order valence-electron chi connectivity index (χ4n) is 5.50. The lowest BCUT2D eigenvalue weighted by molar-refractivity contribution is -0.134. The zero-order valence-electron chi connectivity index (χ0n) is 27.9. The largest absolute Gasteiger partial charge is 0.457 e. The second kappa shape index (κ2) is 15.6. The molecule has 1 aliphatic rings. The lowest BCUT2D eigenvalue weighted by atomic mass is 9.87. The third kappa shape index (κ3) is 8.80. The molecule has 0 aromatic heterocycles. The fraction of sp³-hybridized carbons (Fsp3) is 0.308. The van der Waals surface area contributed by atoms with Crippen LogP contribution in [0.1, 0.15) is 49.9 Å². The van der Waals surface area contributed by atoms with Crippen LogP contribution in [0.2, 0.25) is 0 Å². The van der Waals surface area contributed by atoms with E-state index < -0.39 is 24.0 Å². The maximum absolute atomic E-state index is 13.7. The number of hydrogen-bond donors (Lipinski definition) is 1. The molecule has 250 valence electrons. The number of amides is 2. The summed E-state index contributed by atoms with van der Waals surface area (Å²) in [6.07, 6.45) is -0.146. The number of ether oxygens (including phenoxy) is 4. The van der Waals surface area contributed by atoms with E-state index in [-0.39, 0.29) is 38.1 Å². The lowest BCUT2D eigenvalue weighted by Gasteiger charge is -2.35. The minimum atomic E-state index is -0.989. The molecule has 0 spiro atoms. The molecule has 1 aliphatic heterocycles. The Bertz CT molecular complexity index is 1700. The van der Waals surface area contributed by atoms with Crippen LogP contribution < -0.4 is 14.8 Å². The first-order valence-corrected chi connectivity index (χ1v) is 16.1. The van der Waals surface area contributed by atoms with Crippen molar-refractivity contribution in [2.24, 2.45) is 0 Å². The summed E-state index contributed by atoms with van der Waals surface area (Å²) in [5, 5.41) is 2.83. The summed E-state index contributed by atoms with van der Waals surface area (Å²) >= 11 is 0. The third-order valence-corrected chi connectivity index (χ3v) is 8.12. The van der Waals surface area contributed by atoms with Crippen molar-refractivity contribution in [2.45, 2.75) is 45.1 Å². The van der Waals surface area contributed by atoms with Crippen LogP contribution >= 0.6 is 0 Å². The van der Waals surface area contributed by atoms with Gasteiger partial charge in [0.05, 0.1) is 13.0 Å². The van der Waals surface area contributed by atoms with E-state index >= 15 is 0 Å². The van der Waals surface area contributed by atoms with Crippen LogP contribution in [0.3, 0.4) is 0 Å². The van der Waals surface area contributed by atoms with E-state index in [4.69, 9.17) is 18.9 Å². The molecule has 9 nitrogen and oxygen atoms in total. The Morgan fingerprint density at radius 1 is 0.812 bits per heavy atom. The van der Waals surface area contributed by atoms with Gasteiger partial charge in [0.1, 0.15) is 29.9 Å². The van der Waals surface area contributed by atoms with Gasteiger partial charge in [-0.25, -0.2) is 4.79 Å². The molecule has 1 N–H and O–H groups in total. The first-order chi connectivity index (χ1) is 23.1. The molecule has 48 heavy (non-hydrogen) atoms. The van der Waals surface area contributed by atoms with Gasteiger partial charge >= 0.3 is 12.1 Å². The third-order valence-electron chi connectivity index (χ3n) is 8.12. The van der Waals surface area contributed by atoms with E-state index in [0.717, 1.165) is 16.7 Å². The number of nitrogens with one attached hydrogen (secondary N) is 1. The molecule has 0 fully saturated rings. The molecule has 4 aromatic rings. The van der Waals surface area contributed by atoms with Crippen LogP contribution in [-0.4, -0.2) is 56.3 Å². The van der Waals surface area contributed by atoms with Crippen LogP contribution in [0, 0.1) is 0 Å². The topological polar surface area (TPSA) is 103 Å². The van der Waals surface area contributed by atoms with E-state index in [1.54, 1.807) is 18.2 Å². The predicted molar refractivity (Wildman–Crippen MR) is 183 cm³/mol.